The standard InChI is InChI=1S/C15H18N2O4/c1-2-17-9-11(8-13(17)18)15(21)16-12-5-3-4-10(6-12)7-14(19)20/h3-6,11H,2,7-9H2,1H3,(H,16,21)(H,19,20). The third-order valence-electron chi connectivity index (χ3n) is 3.52. The summed E-state index contributed by atoms with van der Waals surface area (Å²) in [6.45, 7) is 2.93. The minimum atomic E-state index is -0.918. The first-order valence-electron chi connectivity index (χ1n) is 6.89. The molecule has 0 bridgehead atoms. The number of carbonyl (C=O) groups is 3. The Morgan fingerprint density at radius 3 is 2.81 bits per heavy atom. The van der Waals surface area contributed by atoms with Gasteiger partial charge < -0.3 is 15.3 Å². The van der Waals surface area contributed by atoms with Gasteiger partial charge in [0.2, 0.25) is 11.8 Å². The summed E-state index contributed by atoms with van der Waals surface area (Å²) in [4.78, 5) is 36.1. The second-order valence-electron chi connectivity index (χ2n) is 5.09. The Kier molecular flexibility index (Phi) is 4.57. The van der Waals surface area contributed by atoms with Gasteiger partial charge in [-0.3, -0.25) is 14.4 Å². The molecule has 0 spiro atoms. The number of benzene rings is 1. The maximum Gasteiger partial charge on any atom is 0.307 e. The van der Waals surface area contributed by atoms with E-state index in [4.69, 9.17) is 5.11 Å². The number of rotatable bonds is 5. The number of hydrogen-bond acceptors (Lipinski definition) is 3. The Morgan fingerprint density at radius 2 is 2.19 bits per heavy atom. The highest BCUT2D eigenvalue weighted by molar-refractivity contribution is 5.97. The van der Waals surface area contributed by atoms with E-state index < -0.39 is 5.97 Å². The fraction of sp³-hybridized carbons (Fsp3) is 0.400. The van der Waals surface area contributed by atoms with Gasteiger partial charge in [-0.05, 0) is 24.6 Å². The molecule has 6 nitrogen and oxygen atoms in total. The number of hydrogen-bond donors (Lipinski definition) is 2. The van der Waals surface area contributed by atoms with E-state index in [1.54, 1.807) is 29.2 Å². The number of anilines is 1. The molecule has 1 fully saturated rings. The quantitative estimate of drug-likeness (QED) is 0.850. The molecule has 1 saturated heterocycles. The summed E-state index contributed by atoms with van der Waals surface area (Å²) >= 11 is 0. The normalized spacial score (nSPS) is 17.9. The Hall–Kier alpha value is -2.37. The first-order chi connectivity index (χ1) is 9.99. The van der Waals surface area contributed by atoms with Crippen LogP contribution in [0.25, 0.3) is 0 Å². The van der Waals surface area contributed by atoms with Crippen molar-refractivity contribution in [1.29, 1.82) is 0 Å². The number of carbonyl (C=O) groups excluding carboxylic acids is 2. The van der Waals surface area contributed by atoms with Crippen molar-refractivity contribution in [3.05, 3.63) is 29.8 Å². The van der Waals surface area contributed by atoms with E-state index in [-0.39, 0.29) is 30.6 Å². The van der Waals surface area contributed by atoms with E-state index in [1.807, 2.05) is 6.92 Å². The fourth-order valence-electron chi connectivity index (χ4n) is 2.43. The third kappa shape index (κ3) is 3.81. The van der Waals surface area contributed by atoms with E-state index in [0.717, 1.165) is 0 Å². The van der Waals surface area contributed by atoms with Crippen molar-refractivity contribution >= 4 is 23.5 Å². The van der Waals surface area contributed by atoms with Gasteiger partial charge in [-0.15, -0.1) is 0 Å². The zero-order chi connectivity index (χ0) is 15.4. The average molecular weight is 290 g/mol. The van der Waals surface area contributed by atoms with Crippen LogP contribution in [-0.2, 0) is 20.8 Å². The van der Waals surface area contributed by atoms with Gasteiger partial charge in [0.15, 0.2) is 0 Å². The Labute approximate surface area is 122 Å². The lowest BCUT2D eigenvalue weighted by Crippen LogP contribution is -2.28. The zero-order valence-corrected chi connectivity index (χ0v) is 11.8. The second-order valence-corrected chi connectivity index (χ2v) is 5.09. The molecule has 2 N–H and O–H groups in total. The highest BCUT2D eigenvalue weighted by Gasteiger charge is 2.33. The largest absolute Gasteiger partial charge is 0.481 e. The molecule has 2 rings (SSSR count). The smallest absolute Gasteiger partial charge is 0.307 e. The van der Waals surface area contributed by atoms with E-state index in [9.17, 15) is 14.4 Å². The number of nitrogens with zero attached hydrogens (tertiary/aromatic N) is 1. The predicted molar refractivity (Wildman–Crippen MR) is 76.8 cm³/mol. The molecule has 6 heteroatoms. The van der Waals surface area contributed by atoms with Crippen LogP contribution in [0, 0.1) is 5.92 Å². The summed E-state index contributed by atoms with van der Waals surface area (Å²) in [5, 5.41) is 11.5. The second kappa shape index (κ2) is 6.39. The Bertz CT molecular complexity index is 571. The van der Waals surface area contributed by atoms with Gasteiger partial charge in [0.1, 0.15) is 0 Å². The van der Waals surface area contributed by atoms with Crippen molar-refractivity contribution < 1.29 is 19.5 Å². The zero-order valence-electron chi connectivity index (χ0n) is 11.8. The van der Waals surface area contributed by atoms with Crippen LogP contribution >= 0.6 is 0 Å². The van der Waals surface area contributed by atoms with E-state index >= 15 is 0 Å². The minimum absolute atomic E-state index is 0.00252. The monoisotopic (exact) mass is 290 g/mol. The van der Waals surface area contributed by atoms with Crippen molar-refractivity contribution in [2.45, 2.75) is 19.8 Å². The van der Waals surface area contributed by atoms with E-state index in [2.05, 4.69) is 5.32 Å². The number of likely N-dealkylation sites (tertiary alicyclic amines) is 1. The molecule has 0 saturated carbocycles. The average Bonchev–Trinajstić information content (AvgIpc) is 2.79. The first kappa shape index (κ1) is 15.0. The van der Waals surface area contributed by atoms with Crippen LogP contribution in [0.15, 0.2) is 24.3 Å². The molecule has 21 heavy (non-hydrogen) atoms. The van der Waals surface area contributed by atoms with Crippen LogP contribution < -0.4 is 5.32 Å². The summed E-state index contributed by atoms with van der Waals surface area (Å²) in [5.74, 6) is -1.47. The molecule has 0 aliphatic carbocycles. The first-order valence-corrected chi connectivity index (χ1v) is 6.89. The van der Waals surface area contributed by atoms with Crippen LogP contribution in [0.1, 0.15) is 18.9 Å². The molecule has 0 aromatic heterocycles. The van der Waals surface area contributed by atoms with Crippen LogP contribution in [-0.4, -0.2) is 40.9 Å². The lowest BCUT2D eigenvalue weighted by Gasteiger charge is -2.14. The number of amides is 2. The summed E-state index contributed by atoms with van der Waals surface area (Å²) in [6.07, 6.45) is 0.143. The third-order valence-corrected chi connectivity index (χ3v) is 3.52. The number of aliphatic carboxylic acids is 1. The van der Waals surface area contributed by atoms with E-state index in [0.29, 0.717) is 24.3 Å². The summed E-state index contributed by atoms with van der Waals surface area (Å²) < 4.78 is 0. The van der Waals surface area contributed by atoms with Gasteiger partial charge in [-0.1, -0.05) is 12.1 Å². The molecule has 1 heterocycles. The topological polar surface area (TPSA) is 86.7 Å². The van der Waals surface area contributed by atoms with Crippen LogP contribution in [0.3, 0.4) is 0 Å². The van der Waals surface area contributed by atoms with Gasteiger partial charge in [-0.25, -0.2) is 0 Å². The van der Waals surface area contributed by atoms with Crippen molar-refractivity contribution in [1.82, 2.24) is 4.90 Å². The molecule has 1 aromatic carbocycles. The summed E-state index contributed by atoms with van der Waals surface area (Å²) in [5.41, 5.74) is 1.18. The van der Waals surface area contributed by atoms with Crippen molar-refractivity contribution in [2.24, 2.45) is 5.92 Å². The number of carboxylic acids is 1. The lowest BCUT2D eigenvalue weighted by molar-refractivity contribution is -0.136. The molecule has 1 unspecified atom stereocenters. The molecule has 1 aromatic rings. The fourth-order valence-corrected chi connectivity index (χ4v) is 2.43. The maximum absolute atomic E-state index is 12.1. The van der Waals surface area contributed by atoms with Crippen molar-refractivity contribution in [3.63, 3.8) is 0 Å². The summed E-state index contributed by atoms with van der Waals surface area (Å²) in [7, 11) is 0. The lowest BCUT2D eigenvalue weighted by atomic mass is 10.1. The van der Waals surface area contributed by atoms with E-state index in [1.165, 1.54) is 0 Å². The number of nitrogens with one attached hydrogen (secondary N) is 1. The molecule has 112 valence electrons. The SMILES string of the molecule is CCN1CC(C(=O)Nc2cccc(CC(=O)O)c2)CC1=O. The maximum atomic E-state index is 12.1. The van der Waals surface area contributed by atoms with Gasteiger partial charge in [0, 0.05) is 25.2 Å². The highest BCUT2D eigenvalue weighted by atomic mass is 16.4. The Morgan fingerprint density at radius 1 is 1.43 bits per heavy atom. The number of carboxylic acid groups (broad SMARTS) is 1. The predicted octanol–water partition coefficient (Wildman–Crippen LogP) is 1.12. The summed E-state index contributed by atoms with van der Waals surface area (Å²) in [6, 6.07) is 6.74. The van der Waals surface area contributed by atoms with Gasteiger partial charge in [-0.2, -0.15) is 0 Å². The molecule has 1 atom stereocenters. The molecule has 2 amide bonds. The van der Waals surface area contributed by atoms with Crippen molar-refractivity contribution in [2.75, 3.05) is 18.4 Å². The minimum Gasteiger partial charge on any atom is -0.481 e. The highest BCUT2D eigenvalue weighted by Crippen LogP contribution is 2.20. The Balaban J connectivity index is 2.00. The van der Waals surface area contributed by atoms with Crippen molar-refractivity contribution in [3.8, 4) is 0 Å². The molecular formula is C15H18N2O4. The molecular weight excluding hydrogens is 272 g/mol. The van der Waals surface area contributed by atoms with Crippen LogP contribution in [0.4, 0.5) is 5.69 Å². The van der Waals surface area contributed by atoms with Gasteiger partial charge in [0.25, 0.3) is 0 Å². The van der Waals surface area contributed by atoms with Crippen LogP contribution in [0.5, 0.6) is 0 Å². The molecule has 1 aliphatic heterocycles. The van der Waals surface area contributed by atoms with Gasteiger partial charge in [0.05, 0.1) is 12.3 Å². The van der Waals surface area contributed by atoms with Gasteiger partial charge >= 0.3 is 5.97 Å². The molecule has 0 radical (unpaired) electrons. The van der Waals surface area contributed by atoms with Crippen LogP contribution in [0.2, 0.25) is 0 Å². The molecule has 1 aliphatic rings.